The van der Waals surface area contributed by atoms with E-state index >= 15 is 0 Å². The summed E-state index contributed by atoms with van der Waals surface area (Å²) in [5.41, 5.74) is 5.87. The second-order valence-corrected chi connectivity index (χ2v) is 12.1. The Kier molecular flexibility index (Phi) is 7.33. The van der Waals surface area contributed by atoms with Crippen molar-refractivity contribution < 1.29 is 13.2 Å². The fourth-order valence-electron chi connectivity index (χ4n) is 4.30. The molecule has 0 radical (unpaired) electrons. The van der Waals surface area contributed by atoms with E-state index in [4.69, 9.17) is 0 Å². The van der Waals surface area contributed by atoms with Gasteiger partial charge in [-0.15, -0.1) is 11.8 Å². The summed E-state index contributed by atoms with van der Waals surface area (Å²) in [7, 11) is -3.76. The van der Waals surface area contributed by atoms with Crippen LogP contribution >= 0.6 is 11.8 Å². The second kappa shape index (κ2) is 10.0. The summed E-state index contributed by atoms with van der Waals surface area (Å²) in [6, 6.07) is 12.3. The first-order valence-corrected chi connectivity index (χ1v) is 13.8. The zero-order valence-electron chi connectivity index (χ0n) is 19.4. The summed E-state index contributed by atoms with van der Waals surface area (Å²) in [6.07, 6.45) is 2.79. The number of sulfonamides is 1. The van der Waals surface area contributed by atoms with Gasteiger partial charge in [-0.05, 0) is 62.2 Å². The van der Waals surface area contributed by atoms with Gasteiger partial charge in [0.15, 0.2) is 0 Å². The molecule has 178 valence electrons. The molecule has 9 heteroatoms. The molecule has 2 aromatic carbocycles. The van der Waals surface area contributed by atoms with E-state index in [-0.39, 0.29) is 16.1 Å². The largest absolute Gasteiger partial charge is 0.326 e. The number of carbonyl (C=O) groups is 1. The third-order valence-corrected chi connectivity index (χ3v) is 9.13. The quantitative estimate of drug-likeness (QED) is 0.582. The van der Waals surface area contributed by atoms with Crippen molar-refractivity contribution in [1.82, 2.24) is 10.3 Å². The van der Waals surface area contributed by atoms with Gasteiger partial charge in [-0.3, -0.25) is 9.69 Å². The van der Waals surface area contributed by atoms with Crippen LogP contribution in [0.15, 0.2) is 47.4 Å². The fourth-order valence-corrected chi connectivity index (χ4v) is 7.21. The number of thioether (sulfide) groups is 1. The standard InChI is InChI=1S/C24H32N4O3S2/c1-4-5-11-27-16-21(32-18(27)3)14-24(29)26-20-10-9-19-15-25-28(23(19)13-20)33(30,31)22-8-6-7-17(2)12-22/h6-10,12-13,18,21,25H,4-5,11,14-16H2,1-3H3,(H,26,29). The average molecular weight is 489 g/mol. The minimum Gasteiger partial charge on any atom is -0.326 e. The van der Waals surface area contributed by atoms with Gasteiger partial charge in [0.25, 0.3) is 10.0 Å². The third kappa shape index (κ3) is 5.37. The van der Waals surface area contributed by atoms with Gasteiger partial charge in [-0.1, -0.05) is 31.5 Å². The SMILES string of the molecule is CCCCN1CC(CC(=O)Nc2ccc3c(c2)N(S(=O)(=O)c2cccc(C)c2)NC3)SC1C. The first-order chi connectivity index (χ1) is 15.8. The highest BCUT2D eigenvalue weighted by Gasteiger charge is 2.32. The number of anilines is 2. The van der Waals surface area contributed by atoms with Gasteiger partial charge >= 0.3 is 0 Å². The molecule has 1 fully saturated rings. The molecule has 0 saturated carbocycles. The van der Waals surface area contributed by atoms with Crippen LogP contribution in [0.4, 0.5) is 11.4 Å². The smallest absolute Gasteiger partial charge is 0.277 e. The van der Waals surface area contributed by atoms with E-state index in [1.807, 2.05) is 36.9 Å². The van der Waals surface area contributed by atoms with Crippen molar-refractivity contribution in [2.24, 2.45) is 0 Å². The van der Waals surface area contributed by atoms with Crippen LogP contribution in [-0.4, -0.2) is 42.9 Å². The number of nitrogens with one attached hydrogen (secondary N) is 2. The Bertz CT molecular complexity index is 1120. The lowest BCUT2D eigenvalue weighted by atomic mass is 10.1. The maximum Gasteiger partial charge on any atom is 0.277 e. The zero-order chi connectivity index (χ0) is 23.6. The van der Waals surface area contributed by atoms with Crippen LogP contribution in [0, 0.1) is 6.92 Å². The second-order valence-electron chi connectivity index (χ2n) is 8.72. The number of unbranched alkanes of at least 4 members (excludes halogenated alkanes) is 1. The number of amides is 1. The van der Waals surface area contributed by atoms with Gasteiger partial charge in [0.1, 0.15) is 0 Å². The van der Waals surface area contributed by atoms with Crippen LogP contribution < -0.4 is 15.2 Å². The van der Waals surface area contributed by atoms with Crippen molar-refractivity contribution in [3.05, 3.63) is 53.6 Å². The first-order valence-electron chi connectivity index (χ1n) is 11.5. The van der Waals surface area contributed by atoms with E-state index in [0.29, 0.717) is 29.7 Å². The molecular formula is C24H32N4O3S2. The van der Waals surface area contributed by atoms with Crippen LogP contribution in [0.2, 0.25) is 0 Å². The Hall–Kier alpha value is -2.07. The van der Waals surface area contributed by atoms with Gasteiger partial charge in [0.2, 0.25) is 5.91 Å². The van der Waals surface area contributed by atoms with Crippen molar-refractivity contribution >= 4 is 39.1 Å². The molecule has 2 aromatic rings. The van der Waals surface area contributed by atoms with Crippen molar-refractivity contribution in [2.75, 3.05) is 22.8 Å². The lowest BCUT2D eigenvalue weighted by molar-refractivity contribution is -0.116. The predicted molar refractivity (Wildman–Crippen MR) is 135 cm³/mol. The molecule has 1 saturated heterocycles. The first kappa shape index (κ1) is 24.1. The Balaban J connectivity index is 1.44. The molecule has 1 amide bonds. The molecule has 0 bridgehead atoms. The van der Waals surface area contributed by atoms with Crippen molar-refractivity contribution in [2.45, 2.75) is 62.1 Å². The highest BCUT2D eigenvalue weighted by molar-refractivity contribution is 8.00. The maximum atomic E-state index is 13.2. The number of rotatable bonds is 8. The van der Waals surface area contributed by atoms with E-state index in [9.17, 15) is 13.2 Å². The summed E-state index contributed by atoms with van der Waals surface area (Å²) in [4.78, 5) is 15.4. The Morgan fingerprint density at radius 3 is 2.82 bits per heavy atom. The van der Waals surface area contributed by atoms with Crippen molar-refractivity contribution in [3.63, 3.8) is 0 Å². The average Bonchev–Trinajstić information content (AvgIpc) is 3.35. The van der Waals surface area contributed by atoms with Gasteiger partial charge < -0.3 is 5.32 Å². The Labute approximate surface area is 200 Å². The van der Waals surface area contributed by atoms with Crippen LogP contribution in [0.1, 0.15) is 44.2 Å². The number of fused-ring (bicyclic) bond motifs is 1. The Morgan fingerprint density at radius 2 is 2.06 bits per heavy atom. The van der Waals surface area contributed by atoms with Crippen LogP contribution in [0.3, 0.4) is 0 Å². The number of benzene rings is 2. The van der Waals surface area contributed by atoms with Crippen LogP contribution in [-0.2, 0) is 21.4 Å². The zero-order valence-corrected chi connectivity index (χ0v) is 21.0. The van der Waals surface area contributed by atoms with Crippen LogP contribution in [0.5, 0.6) is 0 Å². The number of hydrazine groups is 1. The lowest BCUT2D eigenvalue weighted by Gasteiger charge is -2.20. The number of hydrogen-bond donors (Lipinski definition) is 2. The minimum absolute atomic E-state index is 0.0453. The highest BCUT2D eigenvalue weighted by atomic mass is 32.2. The van der Waals surface area contributed by atoms with Crippen molar-refractivity contribution in [3.8, 4) is 0 Å². The normalized spacial score (nSPS) is 20.8. The molecule has 2 atom stereocenters. The molecule has 2 aliphatic rings. The topological polar surface area (TPSA) is 81.8 Å². The van der Waals surface area contributed by atoms with E-state index in [0.717, 1.165) is 24.2 Å². The molecule has 4 rings (SSSR count). The molecule has 7 nitrogen and oxygen atoms in total. The maximum absolute atomic E-state index is 13.2. The van der Waals surface area contributed by atoms with E-state index < -0.39 is 10.0 Å². The number of nitrogens with zero attached hydrogens (tertiary/aromatic N) is 2. The van der Waals surface area contributed by atoms with E-state index in [2.05, 4.69) is 29.5 Å². The molecule has 33 heavy (non-hydrogen) atoms. The number of aryl methyl sites for hydroxylation is 1. The molecule has 2 heterocycles. The molecule has 0 aliphatic carbocycles. The molecule has 2 unspecified atom stereocenters. The summed E-state index contributed by atoms with van der Waals surface area (Å²) in [5.74, 6) is -0.0453. The minimum atomic E-state index is -3.76. The van der Waals surface area contributed by atoms with Gasteiger partial charge in [0.05, 0.1) is 16.0 Å². The van der Waals surface area contributed by atoms with Gasteiger partial charge in [0, 0.05) is 30.4 Å². The van der Waals surface area contributed by atoms with E-state index in [1.165, 1.54) is 17.3 Å². The Morgan fingerprint density at radius 1 is 1.24 bits per heavy atom. The lowest BCUT2D eigenvalue weighted by Crippen LogP contribution is -2.38. The molecular weight excluding hydrogens is 456 g/mol. The predicted octanol–water partition coefficient (Wildman–Crippen LogP) is 4.10. The highest BCUT2D eigenvalue weighted by Crippen LogP contribution is 2.34. The molecule has 0 spiro atoms. The summed E-state index contributed by atoms with van der Waals surface area (Å²) < 4.78 is 27.7. The van der Waals surface area contributed by atoms with Crippen molar-refractivity contribution in [1.29, 1.82) is 0 Å². The number of carbonyl (C=O) groups excluding carboxylic acids is 1. The van der Waals surface area contributed by atoms with Crippen LogP contribution in [0.25, 0.3) is 0 Å². The fraction of sp³-hybridized carbons (Fsp3) is 0.458. The molecule has 2 aliphatic heterocycles. The van der Waals surface area contributed by atoms with Gasteiger partial charge in [-0.2, -0.15) is 12.8 Å². The summed E-state index contributed by atoms with van der Waals surface area (Å²) in [6.45, 7) is 8.68. The van der Waals surface area contributed by atoms with Gasteiger partial charge in [-0.25, -0.2) is 5.43 Å². The summed E-state index contributed by atoms with van der Waals surface area (Å²) >= 11 is 1.85. The molecule has 2 N–H and O–H groups in total. The number of hydrogen-bond acceptors (Lipinski definition) is 6. The monoisotopic (exact) mass is 488 g/mol. The van der Waals surface area contributed by atoms with E-state index in [1.54, 1.807) is 24.3 Å². The third-order valence-electron chi connectivity index (χ3n) is 6.08. The molecule has 0 aromatic heterocycles. The summed E-state index contributed by atoms with van der Waals surface area (Å²) in [5, 5.41) is 3.67.